The van der Waals surface area contributed by atoms with Gasteiger partial charge >= 0.3 is 5.69 Å². The first-order valence-corrected chi connectivity index (χ1v) is 11.8. The van der Waals surface area contributed by atoms with Crippen molar-refractivity contribution < 1.29 is 24.1 Å². The third-order valence-corrected chi connectivity index (χ3v) is 7.41. The molecule has 2 aromatic rings. The Morgan fingerprint density at radius 2 is 2.20 bits per heavy atom. The molecule has 5 N–H and O–H groups in total. The van der Waals surface area contributed by atoms with E-state index in [0.717, 1.165) is 24.6 Å². The Morgan fingerprint density at radius 1 is 1.43 bits per heavy atom. The number of carbonyl (C=O) groups excluding carboxylic acids is 1. The molecule has 2 saturated carbocycles. The van der Waals surface area contributed by atoms with Crippen LogP contribution in [0.15, 0.2) is 24.4 Å². The maximum absolute atomic E-state index is 14.2. The van der Waals surface area contributed by atoms with E-state index in [0.29, 0.717) is 22.7 Å². The molecule has 0 aliphatic heterocycles. The zero-order chi connectivity index (χ0) is 25.3. The minimum atomic E-state index is -0.830. The van der Waals surface area contributed by atoms with Gasteiger partial charge in [0.1, 0.15) is 0 Å². The Hall–Kier alpha value is -2.89. The topological polar surface area (TPSA) is 142 Å². The van der Waals surface area contributed by atoms with Crippen molar-refractivity contribution in [2.75, 3.05) is 25.5 Å². The van der Waals surface area contributed by atoms with Crippen LogP contribution in [0.2, 0.25) is 5.28 Å². The molecule has 12 heteroatoms. The fourth-order valence-corrected chi connectivity index (χ4v) is 5.79. The molecular weight excluding hydrogens is 479 g/mol. The molecule has 1 aromatic heterocycles. The summed E-state index contributed by atoms with van der Waals surface area (Å²) in [5.41, 5.74) is 7.47. The highest BCUT2D eigenvalue weighted by molar-refractivity contribution is 6.28. The standard InChI is InChI=1S/C23H28ClFN6O4/c1-11-3-4-14(31(34)35-2)7-15(11)18(32)10-27-8-13-5-12-6-16(13)20(19(12)21(26)33)29-22-17(25)9-28-23(24)30-22/h3-4,7,9,12-13,16,18-20,27,32H,5-6,8,10H2,1-2H3,(H2-,26,28,29,30,33)/p+1. The minimum absolute atomic E-state index is 0.0465. The number of aliphatic hydroxyl groups is 1. The van der Waals surface area contributed by atoms with E-state index in [9.17, 15) is 19.2 Å². The number of aryl methyl sites for hydroxylation is 1. The van der Waals surface area contributed by atoms with Gasteiger partial charge < -0.3 is 21.5 Å². The molecule has 1 amide bonds. The van der Waals surface area contributed by atoms with Crippen molar-refractivity contribution in [3.05, 3.63) is 51.5 Å². The predicted molar refractivity (Wildman–Crippen MR) is 126 cm³/mol. The van der Waals surface area contributed by atoms with Crippen molar-refractivity contribution in [3.63, 3.8) is 0 Å². The molecule has 188 valence electrons. The van der Waals surface area contributed by atoms with E-state index in [-0.39, 0.29) is 41.4 Å². The highest BCUT2D eigenvalue weighted by Gasteiger charge is 2.54. The predicted octanol–water partition coefficient (Wildman–Crippen LogP) is 2.41. The van der Waals surface area contributed by atoms with Crippen LogP contribution in [0.5, 0.6) is 0 Å². The van der Waals surface area contributed by atoms with Crippen LogP contribution in [0.1, 0.15) is 30.1 Å². The van der Waals surface area contributed by atoms with Crippen LogP contribution in [0.25, 0.3) is 0 Å². The van der Waals surface area contributed by atoms with Gasteiger partial charge in [-0.1, -0.05) is 6.07 Å². The Bertz CT molecular complexity index is 1120. The molecule has 2 fully saturated rings. The van der Waals surface area contributed by atoms with E-state index in [1.54, 1.807) is 18.2 Å². The first kappa shape index (κ1) is 25.2. The highest BCUT2D eigenvalue weighted by atomic mass is 35.5. The molecule has 10 nitrogen and oxygen atoms in total. The van der Waals surface area contributed by atoms with Gasteiger partial charge in [0.05, 0.1) is 23.1 Å². The number of anilines is 1. The third kappa shape index (κ3) is 5.21. The summed E-state index contributed by atoms with van der Waals surface area (Å²) >= 11 is 5.82. The van der Waals surface area contributed by atoms with Crippen molar-refractivity contribution >= 4 is 29.0 Å². The number of nitrogens with two attached hydrogens (primary N) is 1. The van der Waals surface area contributed by atoms with E-state index < -0.39 is 23.7 Å². The van der Waals surface area contributed by atoms with Gasteiger partial charge in [0.2, 0.25) is 11.2 Å². The summed E-state index contributed by atoms with van der Waals surface area (Å²) in [6, 6.07) is 4.61. The number of halogens is 2. The zero-order valence-electron chi connectivity index (χ0n) is 19.4. The summed E-state index contributed by atoms with van der Waals surface area (Å²) in [6.07, 6.45) is 1.75. The van der Waals surface area contributed by atoms with Gasteiger partial charge in [-0.15, -0.1) is 0 Å². The lowest BCUT2D eigenvalue weighted by molar-refractivity contribution is -0.736. The monoisotopic (exact) mass is 507 g/mol. The number of hydrogen-bond donors (Lipinski definition) is 4. The third-order valence-electron chi connectivity index (χ3n) is 7.23. The SMILES string of the molecule is CO[N+](=O)c1ccc(C)c(C(O)CNCC2CC3CC2C(Nc2nc(Cl)ncc2F)C3C(N)=O)c1. The van der Waals surface area contributed by atoms with E-state index in [1.165, 1.54) is 7.11 Å². The quantitative estimate of drug-likeness (QED) is 0.283. The molecule has 6 unspecified atom stereocenters. The average Bonchev–Trinajstić information content (AvgIpc) is 3.39. The maximum Gasteiger partial charge on any atom is 0.317 e. The zero-order valence-corrected chi connectivity index (χ0v) is 20.2. The molecule has 2 aliphatic carbocycles. The summed E-state index contributed by atoms with van der Waals surface area (Å²) in [5.74, 6) is -1.21. The Labute approximate surface area is 206 Å². The molecule has 2 aliphatic rings. The number of carbonyl (C=O) groups is 1. The van der Waals surface area contributed by atoms with Crippen molar-refractivity contribution in [2.24, 2.45) is 29.4 Å². The lowest BCUT2D eigenvalue weighted by Crippen LogP contribution is -2.47. The Morgan fingerprint density at radius 3 is 2.91 bits per heavy atom. The number of hydrogen-bond acceptors (Lipinski definition) is 8. The molecule has 6 atom stereocenters. The van der Waals surface area contributed by atoms with Crippen LogP contribution < -0.4 is 16.4 Å². The number of fused-ring (bicyclic) bond motifs is 2. The van der Waals surface area contributed by atoms with Gasteiger partial charge in [-0.05, 0) is 66.8 Å². The van der Waals surface area contributed by atoms with E-state index >= 15 is 0 Å². The lowest BCUT2D eigenvalue weighted by Gasteiger charge is -2.35. The van der Waals surface area contributed by atoms with Crippen LogP contribution in [0.4, 0.5) is 15.9 Å². The van der Waals surface area contributed by atoms with Crippen molar-refractivity contribution in [2.45, 2.75) is 31.9 Å². The van der Waals surface area contributed by atoms with Gasteiger partial charge in [0.15, 0.2) is 18.7 Å². The molecule has 1 heterocycles. The molecule has 0 spiro atoms. The van der Waals surface area contributed by atoms with Crippen molar-refractivity contribution in [1.29, 1.82) is 0 Å². The van der Waals surface area contributed by atoms with Gasteiger partial charge in [0.25, 0.3) is 4.92 Å². The second-order valence-corrected chi connectivity index (χ2v) is 9.58. The van der Waals surface area contributed by atoms with Gasteiger partial charge in [-0.2, -0.15) is 4.98 Å². The number of nitrogens with one attached hydrogen (secondary N) is 2. The molecular formula is C23H29ClFN6O4+. The van der Waals surface area contributed by atoms with Crippen molar-refractivity contribution in [3.8, 4) is 0 Å². The van der Waals surface area contributed by atoms with Crippen LogP contribution in [0, 0.1) is 41.3 Å². The summed E-state index contributed by atoms with van der Waals surface area (Å²) in [6.45, 7) is 2.73. The first-order valence-electron chi connectivity index (χ1n) is 11.4. The van der Waals surface area contributed by atoms with E-state index in [2.05, 4.69) is 25.4 Å². The minimum Gasteiger partial charge on any atom is -0.387 e. The van der Waals surface area contributed by atoms with Gasteiger partial charge in [0, 0.05) is 24.7 Å². The van der Waals surface area contributed by atoms with E-state index in [4.69, 9.17) is 17.3 Å². The number of amides is 1. The van der Waals surface area contributed by atoms with Crippen LogP contribution in [-0.4, -0.2) is 52.1 Å². The second kappa shape index (κ2) is 10.4. The fourth-order valence-electron chi connectivity index (χ4n) is 5.66. The Kier molecular flexibility index (Phi) is 7.48. The fraction of sp³-hybridized carbons (Fsp3) is 0.522. The summed E-state index contributed by atoms with van der Waals surface area (Å²) in [4.78, 5) is 36.6. The number of nitrogens with zero attached hydrogens (tertiary/aromatic N) is 3. The van der Waals surface area contributed by atoms with E-state index in [1.807, 2.05) is 6.92 Å². The Balaban J connectivity index is 1.41. The number of aromatic nitrogens is 2. The average molecular weight is 508 g/mol. The highest BCUT2D eigenvalue weighted by Crippen LogP contribution is 2.52. The second-order valence-electron chi connectivity index (χ2n) is 9.24. The normalized spacial score (nSPS) is 25.9. The first-order chi connectivity index (χ1) is 16.7. The summed E-state index contributed by atoms with van der Waals surface area (Å²) < 4.78 is 14.2. The molecule has 4 rings (SSSR count). The number of aliphatic hydroxyl groups excluding tert-OH is 1. The van der Waals surface area contributed by atoms with Crippen molar-refractivity contribution in [1.82, 2.24) is 15.3 Å². The summed E-state index contributed by atoms with van der Waals surface area (Å²) in [7, 11) is 1.28. The number of primary amides is 1. The number of benzene rings is 1. The van der Waals surface area contributed by atoms with Crippen LogP contribution in [-0.2, 0) is 9.63 Å². The molecule has 0 saturated heterocycles. The lowest BCUT2D eigenvalue weighted by atomic mass is 9.77. The number of rotatable bonds is 10. The summed E-state index contributed by atoms with van der Waals surface area (Å²) in [5, 5.41) is 17.0. The molecule has 2 bridgehead atoms. The molecule has 35 heavy (non-hydrogen) atoms. The molecule has 0 radical (unpaired) electrons. The van der Waals surface area contributed by atoms with Gasteiger partial charge in [-0.3, -0.25) is 4.79 Å². The van der Waals surface area contributed by atoms with Gasteiger partial charge in [-0.25, -0.2) is 14.2 Å². The molecule has 1 aromatic carbocycles. The largest absolute Gasteiger partial charge is 0.387 e. The maximum atomic E-state index is 14.2. The van der Waals surface area contributed by atoms with Crippen LogP contribution in [0.3, 0.4) is 0 Å². The van der Waals surface area contributed by atoms with Crippen LogP contribution >= 0.6 is 11.6 Å². The smallest absolute Gasteiger partial charge is 0.317 e.